The van der Waals surface area contributed by atoms with Gasteiger partial charge in [0.25, 0.3) is 0 Å². The van der Waals surface area contributed by atoms with Crippen molar-refractivity contribution >= 4 is 15.9 Å². The lowest BCUT2D eigenvalue weighted by Crippen LogP contribution is -2.55. The summed E-state index contributed by atoms with van der Waals surface area (Å²) in [5, 5.41) is 3.25. The van der Waals surface area contributed by atoms with Crippen molar-refractivity contribution < 1.29 is 13.2 Å². The van der Waals surface area contributed by atoms with Crippen LogP contribution >= 0.6 is 0 Å². The quantitative estimate of drug-likeness (QED) is 0.621. The Morgan fingerprint density at radius 3 is 2.67 bits per heavy atom. The number of amides is 1. The molecule has 1 amide bonds. The highest BCUT2D eigenvalue weighted by Crippen LogP contribution is 2.66. The van der Waals surface area contributed by atoms with E-state index in [-0.39, 0.29) is 35.0 Å². The van der Waals surface area contributed by atoms with Gasteiger partial charge in [0, 0.05) is 36.4 Å². The highest BCUT2D eigenvalue weighted by atomic mass is 32.2. The van der Waals surface area contributed by atoms with Gasteiger partial charge >= 0.3 is 0 Å². The van der Waals surface area contributed by atoms with Gasteiger partial charge < -0.3 is 10.3 Å². The van der Waals surface area contributed by atoms with E-state index in [1.54, 1.807) is 16.8 Å². The molecule has 3 fully saturated rings. The smallest absolute Gasteiger partial charge is 0.226 e. The molecule has 2 heterocycles. The zero-order chi connectivity index (χ0) is 25.2. The van der Waals surface area contributed by atoms with Crippen LogP contribution in [-0.4, -0.2) is 53.5 Å². The van der Waals surface area contributed by atoms with Crippen molar-refractivity contribution in [3.8, 4) is 0 Å². The van der Waals surface area contributed by atoms with Crippen molar-refractivity contribution in [2.45, 2.75) is 76.7 Å². The molecule has 7 nitrogen and oxygen atoms in total. The molecule has 4 aliphatic rings. The Hall–Kier alpha value is -2.19. The number of carbonyl (C=O) groups is 1. The van der Waals surface area contributed by atoms with Gasteiger partial charge in [0.1, 0.15) is 0 Å². The Morgan fingerprint density at radius 2 is 1.94 bits per heavy atom. The van der Waals surface area contributed by atoms with Gasteiger partial charge in [-0.25, -0.2) is 17.7 Å². The molecule has 8 heteroatoms. The maximum atomic E-state index is 13.9. The van der Waals surface area contributed by atoms with Crippen LogP contribution in [0.3, 0.4) is 0 Å². The first-order chi connectivity index (χ1) is 17.2. The number of nitrogens with zero attached hydrogens (tertiary/aromatic N) is 2. The van der Waals surface area contributed by atoms with Crippen LogP contribution in [0.1, 0.15) is 69.2 Å². The summed E-state index contributed by atoms with van der Waals surface area (Å²) in [4.78, 5) is 19.9. The van der Waals surface area contributed by atoms with Gasteiger partial charge in [-0.15, -0.1) is 0 Å². The molecule has 2 bridgehead atoms. The Kier molecular flexibility index (Phi) is 5.65. The lowest BCUT2D eigenvalue weighted by atomic mass is 9.69. The number of fused-ring (bicyclic) bond motifs is 4. The fourth-order valence-electron chi connectivity index (χ4n) is 8.32. The number of aromatic amines is 1. The lowest BCUT2D eigenvalue weighted by molar-refractivity contribution is -0.122. The van der Waals surface area contributed by atoms with E-state index in [1.807, 2.05) is 0 Å². The minimum atomic E-state index is -3.46. The first-order valence-electron chi connectivity index (χ1n) is 13.5. The molecule has 3 aliphatic carbocycles. The number of piperidine rings is 1. The average Bonchev–Trinajstić information content (AvgIpc) is 3.57. The third-order valence-corrected chi connectivity index (χ3v) is 12.7. The maximum Gasteiger partial charge on any atom is 0.226 e. The zero-order valence-electron chi connectivity index (χ0n) is 21.4. The number of nitrogens with one attached hydrogen (secondary N) is 2. The van der Waals surface area contributed by atoms with E-state index in [2.05, 4.69) is 53.4 Å². The SMILES string of the molecule is CC1(C)C2CC[C@@]1(CS(=O)(=O)N1CCC3(CCc4ccccc43)CC1)[C@@H](NC(=O)Cc1cnc[nH]1)C2. The first-order valence-corrected chi connectivity index (χ1v) is 15.1. The molecule has 1 aliphatic heterocycles. The van der Waals surface area contributed by atoms with E-state index in [0.717, 1.165) is 50.6 Å². The van der Waals surface area contributed by atoms with Gasteiger partial charge in [0.2, 0.25) is 15.9 Å². The van der Waals surface area contributed by atoms with Crippen LogP contribution in [-0.2, 0) is 33.1 Å². The Labute approximate surface area is 214 Å². The number of rotatable bonds is 6. The molecule has 2 N–H and O–H groups in total. The van der Waals surface area contributed by atoms with Crippen molar-refractivity contribution in [3.63, 3.8) is 0 Å². The predicted octanol–water partition coefficient (Wildman–Crippen LogP) is 3.57. The number of aromatic nitrogens is 2. The minimum Gasteiger partial charge on any atom is -0.352 e. The van der Waals surface area contributed by atoms with E-state index in [1.165, 1.54) is 11.1 Å². The van der Waals surface area contributed by atoms with E-state index >= 15 is 0 Å². The van der Waals surface area contributed by atoms with Gasteiger partial charge in [-0.1, -0.05) is 38.1 Å². The standard InChI is InChI=1S/C28H38N4O3S/c1-26(2)21-8-10-28(26,24(15-21)31-25(33)16-22-17-29-19-30-22)18-36(34,35)32-13-11-27(12-14-32)9-7-20-5-3-4-6-23(20)27/h3-6,17,19,21,24H,7-16,18H2,1-2H3,(H,29,30)(H,31,33)/t21?,24-,28+/m0/s1. The molecule has 3 atom stereocenters. The molecule has 2 aromatic rings. The van der Waals surface area contributed by atoms with Crippen LogP contribution in [0.2, 0.25) is 0 Å². The molecule has 1 aromatic carbocycles. The summed E-state index contributed by atoms with van der Waals surface area (Å²) in [5.74, 6) is 0.496. The summed E-state index contributed by atoms with van der Waals surface area (Å²) in [5.41, 5.74) is 3.22. The number of hydrogen-bond acceptors (Lipinski definition) is 4. The van der Waals surface area contributed by atoms with Gasteiger partial charge in [-0.2, -0.15) is 0 Å². The predicted molar refractivity (Wildman–Crippen MR) is 139 cm³/mol. The third kappa shape index (κ3) is 3.66. The molecule has 2 saturated carbocycles. The number of benzene rings is 1. The highest BCUT2D eigenvalue weighted by molar-refractivity contribution is 7.89. The van der Waals surface area contributed by atoms with Crippen LogP contribution in [0.15, 0.2) is 36.8 Å². The maximum absolute atomic E-state index is 13.9. The van der Waals surface area contributed by atoms with E-state index in [9.17, 15) is 13.2 Å². The molecule has 194 valence electrons. The molecular formula is C28H38N4O3S. The summed E-state index contributed by atoms with van der Waals surface area (Å²) >= 11 is 0. The van der Waals surface area contributed by atoms with Crippen LogP contribution in [0, 0.1) is 16.7 Å². The van der Waals surface area contributed by atoms with Crippen LogP contribution in [0.25, 0.3) is 0 Å². The fraction of sp³-hybridized carbons (Fsp3) is 0.643. The normalized spacial score (nSPS) is 30.5. The molecule has 6 rings (SSSR count). The summed E-state index contributed by atoms with van der Waals surface area (Å²) in [6.07, 6.45) is 10.2. The van der Waals surface area contributed by atoms with Gasteiger partial charge in [0.05, 0.1) is 18.5 Å². The van der Waals surface area contributed by atoms with E-state index in [0.29, 0.717) is 19.0 Å². The largest absolute Gasteiger partial charge is 0.352 e. The highest BCUT2D eigenvalue weighted by Gasteiger charge is 2.66. The number of hydrogen-bond donors (Lipinski definition) is 2. The number of carbonyl (C=O) groups excluding carboxylic acids is 1. The number of sulfonamides is 1. The van der Waals surface area contributed by atoms with Crippen LogP contribution < -0.4 is 5.32 Å². The summed E-state index contributed by atoms with van der Waals surface area (Å²) in [6.45, 7) is 5.63. The molecular weight excluding hydrogens is 472 g/mol. The molecule has 1 aromatic heterocycles. The third-order valence-electron chi connectivity index (χ3n) is 10.6. The second-order valence-electron chi connectivity index (χ2n) is 12.3. The second-order valence-corrected chi connectivity index (χ2v) is 14.3. The van der Waals surface area contributed by atoms with Crippen molar-refractivity contribution in [1.29, 1.82) is 0 Å². The Bertz CT molecular complexity index is 1250. The van der Waals surface area contributed by atoms with E-state index < -0.39 is 15.4 Å². The summed E-state index contributed by atoms with van der Waals surface area (Å²) < 4.78 is 29.7. The first kappa shape index (κ1) is 24.2. The van der Waals surface area contributed by atoms with Gasteiger partial charge in [-0.05, 0) is 72.8 Å². The number of imidazole rings is 1. The average molecular weight is 511 g/mol. The summed E-state index contributed by atoms with van der Waals surface area (Å²) in [6, 6.07) is 8.59. The Morgan fingerprint density at radius 1 is 1.17 bits per heavy atom. The van der Waals surface area contributed by atoms with Crippen molar-refractivity contribution in [1.82, 2.24) is 19.6 Å². The zero-order valence-corrected chi connectivity index (χ0v) is 22.2. The van der Waals surface area contributed by atoms with E-state index in [4.69, 9.17) is 0 Å². The van der Waals surface area contributed by atoms with Crippen molar-refractivity contribution in [3.05, 3.63) is 53.6 Å². The van der Waals surface area contributed by atoms with Crippen molar-refractivity contribution in [2.24, 2.45) is 16.7 Å². The van der Waals surface area contributed by atoms with Gasteiger partial charge in [-0.3, -0.25) is 4.79 Å². The van der Waals surface area contributed by atoms with Crippen molar-refractivity contribution in [2.75, 3.05) is 18.8 Å². The molecule has 1 unspecified atom stereocenters. The molecule has 36 heavy (non-hydrogen) atoms. The lowest BCUT2D eigenvalue weighted by Gasteiger charge is -2.45. The summed E-state index contributed by atoms with van der Waals surface area (Å²) in [7, 11) is -3.46. The molecule has 1 spiro atoms. The molecule has 0 radical (unpaired) electrons. The topological polar surface area (TPSA) is 95.2 Å². The van der Waals surface area contributed by atoms with Gasteiger partial charge in [0.15, 0.2) is 0 Å². The molecule has 1 saturated heterocycles. The minimum absolute atomic E-state index is 0.0656. The van der Waals surface area contributed by atoms with Crippen LogP contribution in [0.4, 0.5) is 0 Å². The fourth-order valence-corrected chi connectivity index (χ4v) is 10.6. The number of H-pyrrole nitrogens is 1. The number of aryl methyl sites for hydroxylation is 1. The van der Waals surface area contributed by atoms with Crippen LogP contribution in [0.5, 0.6) is 0 Å². The second kappa shape index (κ2) is 8.42. The Balaban J connectivity index is 1.19. The monoisotopic (exact) mass is 510 g/mol.